The van der Waals surface area contributed by atoms with Crippen molar-refractivity contribution in [2.24, 2.45) is 0 Å². The fourth-order valence-corrected chi connectivity index (χ4v) is 2.65. The van der Waals surface area contributed by atoms with Gasteiger partial charge in [0, 0.05) is 34.7 Å². The quantitative estimate of drug-likeness (QED) is 0.897. The average Bonchev–Trinajstić information content (AvgIpc) is 2.60. The van der Waals surface area contributed by atoms with E-state index >= 15 is 0 Å². The van der Waals surface area contributed by atoms with Gasteiger partial charge in [-0.2, -0.15) is 0 Å². The molecule has 1 aliphatic rings. The number of hydrogen-bond acceptors (Lipinski definition) is 2. The first-order valence-electron chi connectivity index (χ1n) is 5.89. The highest BCUT2D eigenvalue weighted by Gasteiger charge is 2.29. The van der Waals surface area contributed by atoms with Crippen LogP contribution in [0.4, 0.5) is 4.39 Å². The minimum Gasteiger partial charge on any atom is -0.310 e. The molecule has 0 amide bonds. The van der Waals surface area contributed by atoms with Crippen molar-refractivity contribution in [3.63, 3.8) is 0 Å². The third-order valence-corrected chi connectivity index (χ3v) is 3.67. The summed E-state index contributed by atoms with van der Waals surface area (Å²) in [4.78, 5) is 0. The molecule has 2 N–H and O–H groups in total. The average molecular weight is 301 g/mol. The lowest BCUT2D eigenvalue weighted by Gasteiger charge is -2.17. The van der Waals surface area contributed by atoms with Crippen LogP contribution in [0.25, 0.3) is 0 Å². The van der Waals surface area contributed by atoms with Crippen LogP contribution in [-0.2, 0) is 6.54 Å². The Morgan fingerprint density at radius 2 is 2.29 bits per heavy atom. The first-order valence-corrected chi connectivity index (χ1v) is 6.68. The Balaban J connectivity index is 1.92. The molecular weight excluding hydrogens is 283 g/mol. The Bertz CT molecular complexity index is 406. The molecule has 0 aliphatic carbocycles. The molecule has 2 rings (SSSR count). The Morgan fingerprint density at radius 1 is 1.53 bits per heavy atom. The van der Waals surface area contributed by atoms with Crippen molar-refractivity contribution in [1.82, 2.24) is 10.6 Å². The van der Waals surface area contributed by atoms with E-state index in [0.717, 1.165) is 17.4 Å². The summed E-state index contributed by atoms with van der Waals surface area (Å²) in [5.74, 6) is -0.147. The molecule has 1 unspecified atom stereocenters. The molecule has 1 aliphatic heterocycles. The summed E-state index contributed by atoms with van der Waals surface area (Å²) in [7, 11) is 0. The van der Waals surface area contributed by atoms with Crippen LogP contribution >= 0.6 is 15.9 Å². The molecule has 0 radical (unpaired) electrons. The summed E-state index contributed by atoms with van der Waals surface area (Å²) in [6, 6.07) is 5.47. The highest BCUT2D eigenvalue weighted by atomic mass is 79.9. The summed E-state index contributed by atoms with van der Waals surface area (Å²) in [6.07, 6.45) is 1.07. The van der Waals surface area contributed by atoms with Crippen LogP contribution in [0.1, 0.15) is 25.8 Å². The van der Waals surface area contributed by atoms with E-state index < -0.39 is 0 Å². The normalized spacial score (nSPS) is 22.9. The van der Waals surface area contributed by atoms with Crippen molar-refractivity contribution >= 4 is 15.9 Å². The summed E-state index contributed by atoms with van der Waals surface area (Å²) in [5.41, 5.74) is 0.900. The molecule has 1 aromatic carbocycles. The number of rotatable bonds is 3. The molecule has 0 bridgehead atoms. The largest absolute Gasteiger partial charge is 0.310 e. The van der Waals surface area contributed by atoms with Crippen molar-refractivity contribution < 1.29 is 4.39 Å². The second kappa shape index (κ2) is 5.04. The van der Waals surface area contributed by atoms with Crippen LogP contribution in [0, 0.1) is 5.82 Å². The van der Waals surface area contributed by atoms with E-state index in [2.05, 4.69) is 40.4 Å². The van der Waals surface area contributed by atoms with Gasteiger partial charge in [-0.3, -0.25) is 0 Å². The Labute approximate surface area is 110 Å². The molecular formula is C13H18BrFN2. The molecule has 0 saturated carbocycles. The van der Waals surface area contributed by atoms with E-state index in [4.69, 9.17) is 0 Å². The Hall–Kier alpha value is -0.450. The first-order chi connectivity index (χ1) is 7.96. The van der Waals surface area contributed by atoms with E-state index in [1.54, 1.807) is 6.07 Å². The zero-order chi connectivity index (χ0) is 12.5. The second-order valence-corrected chi connectivity index (χ2v) is 6.20. The summed E-state index contributed by atoms with van der Waals surface area (Å²) < 4.78 is 14.4. The van der Waals surface area contributed by atoms with Crippen molar-refractivity contribution in [3.05, 3.63) is 34.1 Å². The van der Waals surface area contributed by atoms with Gasteiger partial charge < -0.3 is 10.6 Å². The molecule has 1 fully saturated rings. The van der Waals surface area contributed by atoms with Gasteiger partial charge in [0.1, 0.15) is 5.82 Å². The van der Waals surface area contributed by atoms with Crippen LogP contribution in [0.15, 0.2) is 22.7 Å². The third kappa shape index (κ3) is 3.50. The number of halogens is 2. The molecule has 1 aromatic rings. The maximum Gasteiger partial charge on any atom is 0.127 e. The van der Waals surface area contributed by atoms with Gasteiger partial charge in [-0.05, 0) is 38.5 Å². The van der Waals surface area contributed by atoms with Gasteiger partial charge in [-0.1, -0.05) is 15.9 Å². The highest BCUT2D eigenvalue weighted by molar-refractivity contribution is 9.10. The van der Waals surface area contributed by atoms with Gasteiger partial charge in [-0.25, -0.2) is 4.39 Å². The SMILES string of the molecule is CC1(C)CC(NCc2cc(Br)ccc2F)CN1. The fourth-order valence-electron chi connectivity index (χ4n) is 2.24. The van der Waals surface area contributed by atoms with Gasteiger partial charge in [0.25, 0.3) is 0 Å². The van der Waals surface area contributed by atoms with Gasteiger partial charge in [0.2, 0.25) is 0 Å². The van der Waals surface area contributed by atoms with Crippen LogP contribution in [0.3, 0.4) is 0 Å². The van der Waals surface area contributed by atoms with Gasteiger partial charge >= 0.3 is 0 Å². The molecule has 1 heterocycles. The van der Waals surface area contributed by atoms with E-state index in [9.17, 15) is 4.39 Å². The van der Waals surface area contributed by atoms with Crippen molar-refractivity contribution in [3.8, 4) is 0 Å². The van der Waals surface area contributed by atoms with E-state index in [1.807, 2.05) is 6.07 Å². The van der Waals surface area contributed by atoms with Gasteiger partial charge in [0.15, 0.2) is 0 Å². The number of nitrogens with one attached hydrogen (secondary N) is 2. The zero-order valence-corrected chi connectivity index (χ0v) is 11.8. The molecule has 94 valence electrons. The molecule has 4 heteroatoms. The Morgan fingerprint density at radius 3 is 2.94 bits per heavy atom. The topological polar surface area (TPSA) is 24.1 Å². The number of benzene rings is 1. The molecule has 1 atom stereocenters. The smallest absolute Gasteiger partial charge is 0.127 e. The Kier molecular flexibility index (Phi) is 3.85. The van der Waals surface area contributed by atoms with Crippen LogP contribution in [-0.4, -0.2) is 18.1 Å². The number of hydrogen-bond donors (Lipinski definition) is 2. The van der Waals surface area contributed by atoms with Crippen molar-refractivity contribution in [2.45, 2.75) is 38.4 Å². The zero-order valence-electron chi connectivity index (χ0n) is 10.2. The van der Waals surface area contributed by atoms with Crippen molar-refractivity contribution in [2.75, 3.05) is 6.54 Å². The van der Waals surface area contributed by atoms with Crippen LogP contribution in [0.5, 0.6) is 0 Å². The maximum atomic E-state index is 13.5. The van der Waals surface area contributed by atoms with Crippen molar-refractivity contribution in [1.29, 1.82) is 0 Å². The predicted octanol–water partition coefficient (Wildman–Crippen LogP) is 2.82. The third-order valence-electron chi connectivity index (χ3n) is 3.17. The van der Waals surface area contributed by atoms with E-state index in [1.165, 1.54) is 6.07 Å². The lowest BCUT2D eigenvalue weighted by atomic mass is 10.0. The minimum absolute atomic E-state index is 0.147. The molecule has 0 aromatic heterocycles. The fraction of sp³-hybridized carbons (Fsp3) is 0.538. The lowest BCUT2D eigenvalue weighted by Crippen LogP contribution is -2.31. The molecule has 1 saturated heterocycles. The molecule has 2 nitrogen and oxygen atoms in total. The maximum absolute atomic E-state index is 13.5. The van der Waals surface area contributed by atoms with Gasteiger partial charge in [0.05, 0.1) is 0 Å². The first kappa shape index (κ1) is 13.0. The molecule has 0 spiro atoms. The lowest BCUT2D eigenvalue weighted by molar-refractivity contribution is 0.440. The summed E-state index contributed by atoms with van der Waals surface area (Å²) in [5, 5.41) is 6.84. The second-order valence-electron chi connectivity index (χ2n) is 5.28. The minimum atomic E-state index is -0.147. The monoisotopic (exact) mass is 300 g/mol. The summed E-state index contributed by atoms with van der Waals surface area (Å²) in [6.45, 7) is 5.90. The van der Waals surface area contributed by atoms with Crippen LogP contribution < -0.4 is 10.6 Å². The van der Waals surface area contributed by atoms with E-state index in [0.29, 0.717) is 18.2 Å². The summed E-state index contributed by atoms with van der Waals surface area (Å²) >= 11 is 3.36. The highest BCUT2D eigenvalue weighted by Crippen LogP contribution is 2.19. The molecule has 17 heavy (non-hydrogen) atoms. The predicted molar refractivity (Wildman–Crippen MR) is 71.4 cm³/mol. The van der Waals surface area contributed by atoms with E-state index in [-0.39, 0.29) is 11.4 Å². The van der Waals surface area contributed by atoms with Crippen LogP contribution in [0.2, 0.25) is 0 Å². The van der Waals surface area contributed by atoms with Gasteiger partial charge in [-0.15, -0.1) is 0 Å². The standard InChI is InChI=1S/C13H18BrFN2/c1-13(2)6-11(8-17-13)16-7-9-5-10(14)3-4-12(9)15/h3-5,11,16-17H,6-8H2,1-2H3.